The highest BCUT2D eigenvalue weighted by Gasteiger charge is 2.14. The lowest BCUT2D eigenvalue weighted by molar-refractivity contribution is -0.383. The Hall–Kier alpha value is -2.83. The molecule has 0 saturated heterocycles. The summed E-state index contributed by atoms with van der Waals surface area (Å²) in [6, 6.07) is 6.03. The van der Waals surface area contributed by atoms with Crippen LogP contribution in [0.5, 0.6) is 0 Å². The normalized spacial score (nSPS) is 10.0. The molecule has 7 nitrogen and oxygen atoms in total. The van der Waals surface area contributed by atoms with E-state index >= 15 is 0 Å². The van der Waals surface area contributed by atoms with Crippen LogP contribution in [-0.2, 0) is 11.2 Å². The van der Waals surface area contributed by atoms with Crippen molar-refractivity contribution in [2.75, 3.05) is 5.32 Å². The van der Waals surface area contributed by atoms with Gasteiger partial charge in [0.05, 0.1) is 4.92 Å². The van der Waals surface area contributed by atoms with Crippen molar-refractivity contribution in [2.24, 2.45) is 0 Å². The highest BCUT2D eigenvalue weighted by molar-refractivity contribution is 5.93. The van der Waals surface area contributed by atoms with Crippen LogP contribution in [-0.4, -0.2) is 20.8 Å². The molecule has 0 saturated carbocycles. The number of nitro benzene ring substituents is 1. The first-order valence-electron chi connectivity index (χ1n) is 5.94. The Balaban J connectivity index is 1.97. The Morgan fingerprint density at radius 2 is 1.95 bits per heavy atom. The average molecular weight is 272 g/mol. The van der Waals surface area contributed by atoms with Gasteiger partial charge in [-0.25, -0.2) is 9.97 Å². The van der Waals surface area contributed by atoms with Gasteiger partial charge in [0.15, 0.2) is 0 Å². The third-order valence-corrected chi connectivity index (χ3v) is 2.63. The lowest BCUT2D eigenvalue weighted by Gasteiger charge is -2.05. The Labute approximate surface area is 114 Å². The van der Waals surface area contributed by atoms with Gasteiger partial charge in [-0.2, -0.15) is 0 Å². The fourth-order valence-electron chi connectivity index (χ4n) is 1.67. The maximum atomic E-state index is 11.8. The van der Waals surface area contributed by atoms with Gasteiger partial charge >= 0.3 is 0 Å². The number of hydrogen-bond donors (Lipinski definition) is 1. The molecule has 0 radical (unpaired) electrons. The number of para-hydroxylation sites is 2. The fourth-order valence-corrected chi connectivity index (χ4v) is 1.67. The number of aromatic nitrogens is 2. The van der Waals surface area contributed by atoms with Crippen LogP contribution in [0.4, 0.5) is 11.4 Å². The van der Waals surface area contributed by atoms with Gasteiger partial charge in [-0.1, -0.05) is 12.1 Å². The van der Waals surface area contributed by atoms with Gasteiger partial charge in [0, 0.05) is 24.9 Å². The molecule has 0 fully saturated rings. The predicted octanol–water partition coefficient (Wildman–Crippen LogP) is 1.96. The molecule has 1 aromatic heterocycles. The van der Waals surface area contributed by atoms with E-state index in [-0.39, 0.29) is 23.7 Å². The molecule has 0 bridgehead atoms. The number of nitrogens with one attached hydrogen (secondary N) is 1. The predicted molar refractivity (Wildman–Crippen MR) is 72.1 cm³/mol. The highest BCUT2D eigenvalue weighted by Crippen LogP contribution is 2.23. The first-order chi connectivity index (χ1) is 9.66. The average Bonchev–Trinajstić information content (AvgIpc) is 2.46. The van der Waals surface area contributed by atoms with Crippen molar-refractivity contribution in [3.05, 3.63) is 58.7 Å². The number of carbonyl (C=O) groups is 1. The maximum absolute atomic E-state index is 11.8. The van der Waals surface area contributed by atoms with E-state index in [1.165, 1.54) is 18.5 Å². The van der Waals surface area contributed by atoms with Crippen LogP contribution in [0.3, 0.4) is 0 Å². The second-order valence-corrected chi connectivity index (χ2v) is 4.07. The van der Waals surface area contributed by atoms with Gasteiger partial charge in [-0.15, -0.1) is 0 Å². The largest absolute Gasteiger partial charge is 0.320 e. The molecule has 0 aliphatic rings. The number of amides is 1. The van der Waals surface area contributed by atoms with Crippen LogP contribution < -0.4 is 5.32 Å². The molecule has 1 amide bonds. The molecule has 0 aliphatic carbocycles. The molecule has 0 aliphatic heterocycles. The molecule has 20 heavy (non-hydrogen) atoms. The summed E-state index contributed by atoms with van der Waals surface area (Å²) in [6.45, 7) is 0. The van der Waals surface area contributed by atoms with Crippen LogP contribution in [0.25, 0.3) is 0 Å². The van der Waals surface area contributed by atoms with Crippen molar-refractivity contribution >= 4 is 17.3 Å². The third-order valence-electron chi connectivity index (χ3n) is 2.63. The number of benzene rings is 1. The minimum absolute atomic E-state index is 0.121. The van der Waals surface area contributed by atoms with E-state index < -0.39 is 4.92 Å². The summed E-state index contributed by atoms with van der Waals surface area (Å²) < 4.78 is 0. The molecule has 1 N–H and O–H groups in total. The highest BCUT2D eigenvalue weighted by atomic mass is 16.6. The zero-order valence-corrected chi connectivity index (χ0v) is 10.5. The summed E-state index contributed by atoms with van der Waals surface area (Å²) in [5.41, 5.74) is 0.918. The molecular formula is C13H12N4O3. The fraction of sp³-hybridized carbons (Fsp3) is 0.154. The van der Waals surface area contributed by atoms with E-state index in [0.29, 0.717) is 6.42 Å². The van der Waals surface area contributed by atoms with Crippen LogP contribution in [0.1, 0.15) is 12.0 Å². The van der Waals surface area contributed by atoms with Gasteiger partial charge < -0.3 is 5.32 Å². The molecule has 2 rings (SSSR count). The second-order valence-electron chi connectivity index (χ2n) is 4.07. The molecule has 7 heteroatoms. The van der Waals surface area contributed by atoms with Crippen LogP contribution >= 0.6 is 0 Å². The van der Waals surface area contributed by atoms with Crippen LogP contribution in [0.15, 0.2) is 43.0 Å². The van der Waals surface area contributed by atoms with Crippen molar-refractivity contribution in [3.63, 3.8) is 0 Å². The van der Waals surface area contributed by atoms with Crippen molar-refractivity contribution in [2.45, 2.75) is 12.8 Å². The van der Waals surface area contributed by atoms with Gasteiger partial charge in [0.1, 0.15) is 12.0 Å². The van der Waals surface area contributed by atoms with Gasteiger partial charge in [0.2, 0.25) is 5.91 Å². The number of nitro groups is 1. The Morgan fingerprint density at radius 1 is 1.25 bits per heavy atom. The van der Waals surface area contributed by atoms with Crippen LogP contribution in [0.2, 0.25) is 0 Å². The third kappa shape index (κ3) is 3.58. The summed E-state index contributed by atoms with van der Waals surface area (Å²) in [5, 5.41) is 13.4. The van der Waals surface area contributed by atoms with E-state index in [0.717, 1.165) is 5.56 Å². The van der Waals surface area contributed by atoms with E-state index in [1.54, 1.807) is 24.5 Å². The smallest absolute Gasteiger partial charge is 0.292 e. The molecular weight excluding hydrogens is 260 g/mol. The van der Waals surface area contributed by atoms with E-state index in [1.807, 2.05) is 0 Å². The minimum atomic E-state index is -0.527. The summed E-state index contributed by atoms with van der Waals surface area (Å²) in [4.78, 5) is 29.8. The first-order valence-corrected chi connectivity index (χ1v) is 5.94. The zero-order valence-electron chi connectivity index (χ0n) is 10.5. The van der Waals surface area contributed by atoms with E-state index in [2.05, 4.69) is 15.3 Å². The topological polar surface area (TPSA) is 98.0 Å². The van der Waals surface area contributed by atoms with Crippen molar-refractivity contribution in [3.8, 4) is 0 Å². The van der Waals surface area contributed by atoms with Crippen LogP contribution in [0, 0.1) is 10.1 Å². The maximum Gasteiger partial charge on any atom is 0.292 e. The number of anilines is 1. The standard InChI is InChI=1S/C13H12N4O3/c18-13(6-5-10-7-14-9-15-8-10)16-11-3-1-2-4-12(11)17(19)20/h1-4,7-9H,5-6H2,(H,16,18). The summed E-state index contributed by atoms with van der Waals surface area (Å²) >= 11 is 0. The SMILES string of the molecule is O=C(CCc1cncnc1)Nc1ccccc1[N+](=O)[O-]. The molecule has 0 unspecified atom stereocenters. The Morgan fingerprint density at radius 3 is 2.65 bits per heavy atom. The molecule has 0 atom stereocenters. The monoisotopic (exact) mass is 272 g/mol. The number of rotatable bonds is 5. The molecule has 102 valence electrons. The summed E-state index contributed by atoms with van der Waals surface area (Å²) in [5.74, 6) is -0.289. The van der Waals surface area contributed by atoms with Gasteiger partial charge in [-0.3, -0.25) is 14.9 Å². The molecule has 2 aromatic rings. The summed E-state index contributed by atoms with van der Waals surface area (Å²) in [6.07, 6.45) is 5.36. The van der Waals surface area contributed by atoms with Gasteiger partial charge in [0.25, 0.3) is 5.69 Å². The summed E-state index contributed by atoms with van der Waals surface area (Å²) in [7, 11) is 0. The number of nitrogens with zero attached hydrogens (tertiary/aromatic N) is 3. The number of hydrogen-bond acceptors (Lipinski definition) is 5. The molecule has 0 spiro atoms. The number of aryl methyl sites for hydroxylation is 1. The Bertz CT molecular complexity index is 616. The molecule has 1 heterocycles. The number of carbonyl (C=O) groups excluding carboxylic acids is 1. The molecule has 1 aromatic carbocycles. The minimum Gasteiger partial charge on any atom is -0.320 e. The van der Waals surface area contributed by atoms with Crippen molar-refractivity contribution in [1.82, 2.24) is 9.97 Å². The quantitative estimate of drug-likeness (QED) is 0.662. The lowest BCUT2D eigenvalue weighted by atomic mass is 10.2. The van der Waals surface area contributed by atoms with E-state index in [9.17, 15) is 14.9 Å². The second kappa shape index (κ2) is 6.37. The van der Waals surface area contributed by atoms with E-state index in [4.69, 9.17) is 0 Å². The van der Waals surface area contributed by atoms with Crippen molar-refractivity contribution in [1.29, 1.82) is 0 Å². The Kier molecular flexibility index (Phi) is 4.33. The zero-order chi connectivity index (χ0) is 14.4. The first kappa shape index (κ1) is 13.6. The van der Waals surface area contributed by atoms with Crippen molar-refractivity contribution < 1.29 is 9.72 Å². The van der Waals surface area contributed by atoms with Gasteiger partial charge in [-0.05, 0) is 18.1 Å². The lowest BCUT2D eigenvalue weighted by Crippen LogP contribution is -2.13.